The Balaban J connectivity index is 1.75. The number of nitrogens with zero attached hydrogens (tertiary/aromatic N) is 2. The van der Waals surface area contributed by atoms with Crippen molar-refractivity contribution in [3.8, 4) is 11.5 Å². The predicted molar refractivity (Wildman–Crippen MR) is 93.6 cm³/mol. The first-order chi connectivity index (χ1) is 11.2. The standard InChI is InChI=1S/C16H12BrN3O2S/c1-23-13-4-2-3-11(9-13)14(21)18-16-20-19-15(22-16)10-5-7-12(17)8-6-10/h2-9H,1H3,(H,18,20,21). The van der Waals surface area contributed by atoms with Crippen LogP contribution in [0.15, 0.2) is 62.3 Å². The molecule has 3 aromatic rings. The van der Waals surface area contributed by atoms with Gasteiger partial charge < -0.3 is 4.42 Å². The number of hydrogen-bond acceptors (Lipinski definition) is 5. The first-order valence-corrected chi connectivity index (χ1v) is 8.72. The van der Waals surface area contributed by atoms with Gasteiger partial charge >= 0.3 is 6.01 Å². The summed E-state index contributed by atoms with van der Waals surface area (Å²) in [6.07, 6.45) is 1.96. The van der Waals surface area contributed by atoms with Gasteiger partial charge in [0.1, 0.15) is 0 Å². The molecule has 0 aliphatic carbocycles. The fourth-order valence-electron chi connectivity index (χ4n) is 1.92. The number of thioether (sulfide) groups is 1. The summed E-state index contributed by atoms with van der Waals surface area (Å²) in [5, 5.41) is 10.4. The molecule has 116 valence electrons. The summed E-state index contributed by atoms with van der Waals surface area (Å²) >= 11 is 4.94. The number of aromatic nitrogens is 2. The third-order valence-electron chi connectivity index (χ3n) is 3.07. The molecular weight excluding hydrogens is 378 g/mol. The Labute approximate surface area is 145 Å². The first kappa shape index (κ1) is 15.8. The number of halogens is 1. The van der Waals surface area contributed by atoms with Crippen LogP contribution < -0.4 is 5.32 Å². The highest BCUT2D eigenvalue weighted by molar-refractivity contribution is 9.10. The van der Waals surface area contributed by atoms with E-state index in [1.165, 1.54) is 0 Å². The number of amides is 1. The zero-order valence-electron chi connectivity index (χ0n) is 12.1. The second-order valence-electron chi connectivity index (χ2n) is 4.61. The average Bonchev–Trinajstić information content (AvgIpc) is 3.04. The molecule has 0 radical (unpaired) electrons. The van der Waals surface area contributed by atoms with Crippen LogP contribution in [0.5, 0.6) is 0 Å². The van der Waals surface area contributed by atoms with Crippen molar-refractivity contribution in [2.45, 2.75) is 4.90 Å². The summed E-state index contributed by atoms with van der Waals surface area (Å²) < 4.78 is 6.44. The number of nitrogens with one attached hydrogen (secondary N) is 1. The van der Waals surface area contributed by atoms with Crippen LogP contribution in [-0.2, 0) is 0 Å². The monoisotopic (exact) mass is 389 g/mol. The van der Waals surface area contributed by atoms with Gasteiger partial charge in [-0.15, -0.1) is 16.9 Å². The van der Waals surface area contributed by atoms with E-state index in [4.69, 9.17) is 4.42 Å². The van der Waals surface area contributed by atoms with E-state index in [1.54, 1.807) is 17.8 Å². The number of carbonyl (C=O) groups excluding carboxylic acids is 1. The zero-order chi connectivity index (χ0) is 16.2. The first-order valence-electron chi connectivity index (χ1n) is 6.70. The van der Waals surface area contributed by atoms with Crippen LogP contribution in [0.3, 0.4) is 0 Å². The molecule has 0 fully saturated rings. The molecule has 2 aromatic carbocycles. The summed E-state index contributed by atoms with van der Waals surface area (Å²) in [6.45, 7) is 0. The minimum Gasteiger partial charge on any atom is -0.403 e. The van der Waals surface area contributed by atoms with Gasteiger partial charge in [-0.25, -0.2) is 0 Å². The van der Waals surface area contributed by atoms with Crippen LogP contribution in [-0.4, -0.2) is 22.4 Å². The smallest absolute Gasteiger partial charge is 0.322 e. The van der Waals surface area contributed by atoms with Crippen LogP contribution in [0.2, 0.25) is 0 Å². The zero-order valence-corrected chi connectivity index (χ0v) is 14.5. The quantitative estimate of drug-likeness (QED) is 0.666. The van der Waals surface area contributed by atoms with E-state index < -0.39 is 0 Å². The maximum absolute atomic E-state index is 12.2. The summed E-state index contributed by atoms with van der Waals surface area (Å²) in [6, 6.07) is 14.9. The van der Waals surface area contributed by atoms with Gasteiger partial charge in [-0.3, -0.25) is 10.1 Å². The number of hydrogen-bond donors (Lipinski definition) is 1. The Morgan fingerprint density at radius 2 is 1.96 bits per heavy atom. The van der Waals surface area contributed by atoms with Crippen molar-refractivity contribution < 1.29 is 9.21 Å². The van der Waals surface area contributed by atoms with Gasteiger partial charge in [0.2, 0.25) is 5.89 Å². The fourth-order valence-corrected chi connectivity index (χ4v) is 2.64. The molecule has 3 rings (SSSR count). The Kier molecular flexibility index (Phi) is 4.78. The highest BCUT2D eigenvalue weighted by Gasteiger charge is 2.13. The number of benzene rings is 2. The molecule has 1 aromatic heterocycles. The highest BCUT2D eigenvalue weighted by Crippen LogP contribution is 2.22. The Morgan fingerprint density at radius 3 is 2.70 bits per heavy atom. The van der Waals surface area contributed by atoms with E-state index in [0.717, 1.165) is 14.9 Å². The van der Waals surface area contributed by atoms with Crippen molar-refractivity contribution in [2.24, 2.45) is 0 Å². The van der Waals surface area contributed by atoms with Crippen LogP contribution in [0.4, 0.5) is 6.01 Å². The third kappa shape index (κ3) is 3.80. The van der Waals surface area contributed by atoms with Crippen molar-refractivity contribution in [1.29, 1.82) is 0 Å². The van der Waals surface area contributed by atoms with Gasteiger partial charge in [0.05, 0.1) is 0 Å². The SMILES string of the molecule is CSc1cccc(C(=O)Nc2nnc(-c3ccc(Br)cc3)o2)c1. The maximum Gasteiger partial charge on any atom is 0.322 e. The van der Waals surface area contributed by atoms with E-state index in [9.17, 15) is 4.79 Å². The lowest BCUT2D eigenvalue weighted by molar-refractivity contribution is 0.102. The lowest BCUT2D eigenvalue weighted by atomic mass is 10.2. The molecular formula is C16H12BrN3O2S. The predicted octanol–water partition coefficient (Wildman–Crippen LogP) is 4.47. The summed E-state index contributed by atoms with van der Waals surface area (Å²) in [5.41, 5.74) is 1.32. The molecule has 23 heavy (non-hydrogen) atoms. The summed E-state index contributed by atoms with van der Waals surface area (Å²) in [5.74, 6) is 0.0672. The minimum atomic E-state index is -0.285. The lowest BCUT2D eigenvalue weighted by Crippen LogP contribution is -2.12. The number of carbonyl (C=O) groups is 1. The molecule has 0 saturated carbocycles. The molecule has 5 nitrogen and oxygen atoms in total. The van der Waals surface area contributed by atoms with E-state index in [0.29, 0.717) is 11.5 Å². The molecule has 0 bridgehead atoms. The Morgan fingerprint density at radius 1 is 1.17 bits per heavy atom. The molecule has 1 amide bonds. The molecule has 0 atom stereocenters. The van der Waals surface area contributed by atoms with E-state index in [2.05, 4.69) is 31.4 Å². The molecule has 1 heterocycles. The molecule has 0 aliphatic rings. The third-order valence-corrected chi connectivity index (χ3v) is 4.32. The van der Waals surface area contributed by atoms with E-state index in [-0.39, 0.29) is 11.9 Å². The second-order valence-corrected chi connectivity index (χ2v) is 6.40. The molecule has 1 N–H and O–H groups in total. The molecule has 0 spiro atoms. The van der Waals surface area contributed by atoms with E-state index >= 15 is 0 Å². The van der Waals surface area contributed by atoms with Gasteiger partial charge in [0.15, 0.2) is 0 Å². The van der Waals surface area contributed by atoms with Crippen LogP contribution in [0.1, 0.15) is 10.4 Å². The molecule has 0 saturated heterocycles. The Hall–Kier alpha value is -2.12. The largest absolute Gasteiger partial charge is 0.403 e. The van der Waals surface area contributed by atoms with Crippen molar-refractivity contribution in [3.63, 3.8) is 0 Å². The van der Waals surface area contributed by atoms with Gasteiger partial charge in [-0.2, -0.15) is 0 Å². The van der Waals surface area contributed by atoms with Crippen LogP contribution >= 0.6 is 27.7 Å². The number of anilines is 1. The summed E-state index contributed by atoms with van der Waals surface area (Å²) in [4.78, 5) is 13.2. The topological polar surface area (TPSA) is 68.0 Å². The molecule has 0 aliphatic heterocycles. The van der Waals surface area contributed by atoms with Crippen molar-refractivity contribution in [3.05, 3.63) is 58.6 Å². The average molecular weight is 390 g/mol. The van der Waals surface area contributed by atoms with Gasteiger partial charge in [-0.05, 0) is 48.7 Å². The second kappa shape index (κ2) is 6.97. The van der Waals surface area contributed by atoms with Gasteiger partial charge in [0.25, 0.3) is 5.91 Å². The number of rotatable bonds is 4. The lowest BCUT2D eigenvalue weighted by Gasteiger charge is -2.02. The normalized spacial score (nSPS) is 10.5. The van der Waals surface area contributed by atoms with Gasteiger partial charge in [0, 0.05) is 20.5 Å². The van der Waals surface area contributed by atoms with Gasteiger partial charge in [-0.1, -0.05) is 27.1 Å². The van der Waals surface area contributed by atoms with Crippen molar-refractivity contribution in [2.75, 3.05) is 11.6 Å². The summed E-state index contributed by atoms with van der Waals surface area (Å²) in [7, 11) is 0. The van der Waals surface area contributed by atoms with Crippen molar-refractivity contribution in [1.82, 2.24) is 10.2 Å². The van der Waals surface area contributed by atoms with Crippen molar-refractivity contribution >= 4 is 39.6 Å². The fraction of sp³-hybridized carbons (Fsp3) is 0.0625. The van der Waals surface area contributed by atoms with Crippen LogP contribution in [0, 0.1) is 0 Å². The minimum absolute atomic E-state index is 0.0717. The molecule has 7 heteroatoms. The highest BCUT2D eigenvalue weighted by atomic mass is 79.9. The van der Waals surface area contributed by atoms with Crippen LogP contribution in [0.25, 0.3) is 11.5 Å². The van der Waals surface area contributed by atoms with E-state index in [1.807, 2.05) is 48.7 Å². The Bertz CT molecular complexity index is 833. The maximum atomic E-state index is 12.2. The molecule has 0 unspecified atom stereocenters.